The van der Waals surface area contributed by atoms with E-state index in [0.717, 1.165) is 31.6 Å². The second-order valence-corrected chi connectivity index (χ2v) is 13.9. The minimum absolute atomic E-state index is 0.107. The number of hydrogen-bond donors (Lipinski definition) is 1. The number of esters is 2. The van der Waals surface area contributed by atoms with Gasteiger partial charge in [0.15, 0.2) is 0 Å². The molecule has 0 aromatic heterocycles. The second kappa shape index (κ2) is 9.75. The molecule has 3 fully saturated rings. The van der Waals surface area contributed by atoms with Gasteiger partial charge in [-0.3, -0.25) is 9.59 Å². The van der Waals surface area contributed by atoms with Crippen LogP contribution >= 0.6 is 0 Å². The van der Waals surface area contributed by atoms with Crippen molar-refractivity contribution in [3.8, 4) is 0 Å². The van der Waals surface area contributed by atoms with E-state index < -0.39 is 11.4 Å². The molecule has 7 atom stereocenters. The van der Waals surface area contributed by atoms with Gasteiger partial charge in [0.05, 0.1) is 5.60 Å². The summed E-state index contributed by atoms with van der Waals surface area (Å²) in [5.41, 5.74) is 1.17. The zero-order valence-electron chi connectivity index (χ0n) is 23.8. The summed E-state index contributed by atoms with van der Waals surface area (Å²) in [5, 5.41) is 10.2. The minimum Gasteiger partial charge on any atom is -0.423 e. The number of aliphatic hydroxyl groups is 1. The van der Waals surface area contributed by atoms with Gasteiger partial charge in [-0.15, -0.1) is 0 Å². The first-order valence-electron chi connectivity index (χ1n) is 14.5. The van der Waals surface area contributed by atoms with Gasteiger partial charge in [-0.2, -0.15) is 0 Å². The smallest absolute Gasteiger partial charge is 0.305 e. The molecule has 4 rings (SSSR count). The van der Waals surface area contributed by atoms with Crippen molar-refractivity contribution in [2.75, 3.05) is 0 Å². The summed E-state index contributed by atoms with van der Waals surface area (Å²) >= 11 is 0. The van der Waals surface area contributed by atoms with E-state index in [0.29, 0.717) is 41.9 Å². The van der Waals surface area contributed by atoms with Crippen molar-refractivity contribution in [1.29, 1.82) is 0 Å². The Balaban J connectivity index is 1.53. The van der Waals surface area contributed by atoms with Gasteiger partial charge in [0.1, 0.15) is 0 Å². The summed E-state index contributed by atoms with van der Waals surface area (Å²) < 4.78 is 11.5. The highest BCUT2D eigenvalue weighted by Gasteiger charge is 2.61. The van der Waals surface area contributed by atoms with Crippen LogP contribution in [0.25, 0.3) is 0 Å². The van der Waals surface area contributed by atoms with Crippen LogP contribution in [-0.4, -0.2) is 28.4 Å². The number of fused-ring (bicyclic) bond motifs is 5. The third-order valence-electron chi connectivity index (χ3n) is 10.9. The second-order valence-electron chi connectivity index (χ2n) is 13.9. The standard InChI is InChI=1S/C31H50O5/c1-20(9-8-16-28(4,5)34)25-12-13-26-24-11-10-23-14-18-31(35-21(2)32,36-22(3)33)19-30(23,7)27(24)15-17-29(25,26)6/h10,20,24-27,34H,8-9,11-19H2,1-7H3/t20-,24+,25-,26+,27+,29-,30+/m1/s1. The molecule has 0 spiro atoms. The largest absolute Gasteiger partial charge is 0.423 e. The van der Waals surface area contributed by atoms with Gasteiger partial charge in [-0.05, 0) is 99.2 Å². The quantitative estimate of drug-likeness (QED) is 0.231. The van der Waals surface area contributed by atoms with Crippen LogP contribution in [0.4, 0.5) is 0 Å². The molecule has 4 aliphatic rings. The Morgan fingerprint density at radius 1 is 1.08 bits per heavy atom. The normalized spacial score (nSPS) is 38.2. The van der Waals surface area contributed by atoms with Crippen LogP contribution in [0.5, 0.6) is 0 Å². The van der Waals surface area contributed by atoms with Crippen LogP contribution in [0.3, 0.4) is 0 Å². The van der Waals surface area contributed by atoms with Gasteiger partial charge in [0.25, 0.3) is 5.79 Å². The Bertz CT molecular complexity index is 868. The molecule has 3 saturated carbocycles. The molecule has 0 heterocycles. The predicted octanol–water partition coefficient (Wildman–Crippen LogP) is 6.97. The van der Waals surface area contributed by atoms with Crippen LogP contribution in [0.15, 0.2) is 11.6 Å². The van der Waals surface area contributed by atoms with Crippen molar-refractivity contribution in [2.45, 2.75) is 130 Å². The summed E-state index contributed by atoms with van der Waals surface area (Å²) in [6.45, 7) is 14.0. The Kier molecular flexibility index (Phi) is 7.49. The molecular weight excluding hydrogens is 452 g/mol. The zero-order valence-corrected chi connectivity index (χ0v) is 23.8. The fourth-order valence-corrected chi connectivity index (χ4v) is 9.51. The fraction of sp³-hybridized carbons (Fsp3) is 0.871. The van der Waals surface area contributed by atoms with Gasteiger partial charge < -0.3 is 14.6 Å². The number of hydrogen-bond acceptors (Lipinski definition) is 5. The Labute approximate surface area is 218 Å². The zero-order chi connectivity index (χ0) is 26.5. The Morgan fingerprint density at radius 2 is 1.75 bits per heavy atom. The van der Waals surface area contributed by atoms with Crippen LogP contribution in [0.2, 0.25) is 0 Å². The maximum atomic E-state index is 12.0. The van der Waals surface area contributed by atoms with Crippen molar-refractivity contribution in [3.05, 3.63) is 11.6 Å². The molecule has 1 N–H and O–H groups in total. The molecule has 0 bridgehead atoms. The molecule has 0 aromatic carbocycles. The molecule has 5 nitrogen and oxygen atoms in total. The van der Waals surface area contributed by atoms with Crippen molar-refractivity contribution in [2.24, 2.45) is 40.4 Å². The van der Waals surface area contributed by atoms with Crippen molar-refractivity contribution in [1.82, 2.24) is 0 Å². The van der Waals surface area contributed by atoms with Gasteiger partial charge >= 0.3 is 11.9 Å². The third-order valence-corrected chi connectivity index (χ3v) is 10.9. The molecular formula is C31H50O5. The first kappa shape index (κ1) is 27.7. The highest BCUT2D eigenvalue weighted by Crippen LogP contribution is 2.68. The molecule has 204 valence electrons. The number of carbonyl (C=O) groups is 2. The van der Waals surface area contributed by atoms with Gasteiger partial charge in [0.2, 0.25) is 0 Å². The number of allylic oxidation sites excluding steroid dienone is 2. The molecule has 0 aliphatic heterocycles. The summed E-state index contributed by atoms with van der Waals surface area (Å²) in [6.07, 6.45) is 13.8. The van der Waals surface area contributed by atoms with E-state index in [2.05, 4.69) is 26.8 Å². The lowest BCUT2D eigenvalue weighted by atomic mass is 9.46. The van der Waals surface area contributed by atoms with E-state index in [1.54, 1.807) is 0 Å². The highest BCUT2D eigenvalue weighted by molar-refractivity contribution is 5.69. The molecule has 0 radical (unpaired) electrons. The summed E-state index contributed by atoms with van der Waals surface area (Å²) in [6, 6.07) is 0. The number of rotatable bonds is 7. The number of carbonyl (C=O) groups excluding carboxylic acids is 2. The molecule has 0 saturated heterocycles. The van der Waals surface area contributed by atoms with Crippen molar-refractivity contribution < 1.29 is 24.2 Å². The molecule has 0 unspecified atom stereocenters. The first-order valence-corrected chi connectivity index (χ1v) is 14.5. The lowest BCUT2D eigenvalue weighted by Gasteiger charge is -2.59. The molecule has 5 heteroatoms. The molecule has 36 heavy (non-hydrogen) atoms. The van der Waals surface area contributed by atoms with E-state index in [1.165, 1.54) is 51.5 Å². The Hall–Kier alpha value is -1.36. The average molecular weight is 503 g/mol. The predicted molar refractivity (Wildman–Crippen MR) is 141 cm³/mol. The van der Waals surface area contributed by atoms with E-state index in [9.17, 15) is 14.7 Å². The topological polar surface area (TPSA) is 72.8 Å². The van der Waals surface area contributed by atoms with E-state index in [4.69, 9.17) is 9.47 Å². The van der Waals surface area contributed by atoms with Gasteiger partial charge in [-0.25, -0.2) is 0 Å². The van der Waals surface area contributed by atoms with Crippen LogP contribution < -0.4 is 0 Å². The maximum absolute atomic E-state index is 12.0. The lowest BCUT2D eigenvalue weighted by Crippen LogP contribution is -2.55. The van der Waals surface area contributed by atoms with Crippen LogP contribution in [0, 0.1) is 40.4 Å². The summed E-state index contributed by atoms with van der Waals surface area (Å²) in [5.74, 6) is 1.41. The van der Waals surface area contributed by atoms with E-state index in [-0.39, 0.29) is 17.4 Å². The molecule has 0 amide bonds. The van der Waals surface area contributed by atoms with Gasteiger partial charge in [0, 0.05) is 26.7 Å². The monoisotopic (exact) mass is 502 g/mol. The third kappa shape index (κ3) is 5.15. The minimum atomic E-state index is -1.14. The Morgan fingerprint density at radius 3 is 2.36 bits per heavy atom. The SMILES string of the molecule is CC(=O)OC1(OC(C)=O)CCC2=CC[C@H]3[C@@H]4CC[C@H]([C@H](C)CCCC(C)(C)O)[C@@]4(C)CC[C@@H]3[C@@]2(C)C1. The van der Waals surface area contributed by atoms with E-state index in [1.807, 2.05) is 13.8 Å². The molecule has 4 aliphatic carbocycles. The first-order chi connectivity index (χ1) is 16.7. The molecule has 0 aromatic rings. The van der Waals surface area contributed by atoms with Gasteiger partial charge in [-0.1, -0.05) is 45.3 Å². The highest BCUT2D eigenvalue weighted by atomic mass is 16.7. The van der Waals surface area contributed by atoms with Crippen LogP contribution in [0.1, 0.15) is 119 Å². The van der Waals surface area contributed by atoms with Crippen molar-refractivity contribution >= 4 is 11.9 Å². The number of ether oxygens (including phenoxy) is 2. The van der Waals surface area contributed by atoms with E-state index >= 15 is 0 Å². The van der Waals surface area contributed by atoms with Crippen LogP contribution in [-0.2, 0) is 19.1 Å². The average Bonchev–Trinajstić information content (AvgIpc) is 3.08. The lowest BCUT2D eigenvalue weighted by molar-refractivity contribution is -0.248. The maximum Gasteiger partial charge on any atom is 0.305 e. The fourth-order valence-electron chi connectivity index (χ4n) is 9.51. The summed E-state index contributed by atoms with van der Waals surface area (Å²) in [4.78, 5) is 24.1. The summed E-state index contributed by atoms with van der Waals surface area (Å²) in [7, 11) is 0. The van der Waals surface area contributed by atoms with Crippen molar-refractivity contribution in [3.63, 3.8) is 0 Å².